The molecule has 1 heterocycles. The smallest absolute Gasteiger partial charge is 0.251 e. The number of carbonyl (C=O) groups is 1. The number of pyridine rings is 1. The van der Waals surface area contributed by atoms with E-state index >= 15 is 0 Å². The Bertz CT molecular complexity index is 661. The second-order valence-electron chi connectivity index (χ2n) is 5.45. The SMILES string of the molecule is CN(C)CCCNC(=O)c1ccnc(Nc2ccccc2F)c1. The van der Waals surface area contributed by atoms with Gasteiger partial charge in [-0.05, 0) is 51.3 Å². The van der Waals surface area contributed by atoms with E-state index in [-0.39, 0.29) is 11.7 Å². The monoisotopic (exact) mass is 316 g/mol. The van der Waals surface area contributed by atoms with Gasteiger partial charge in [0, 0.05) is 18.3 Å². The molecule has 2 aromatic rings. The minimum absolute atomic E-state index is 0.164. The predicted octanol–water partition coefficient (Wildman–Crippen LogP) is 2.65. The largest absolute Gasteiger partial charge is 0.352 e. The van der Waals surface area contributed by atoms with Crippen LogP contribution < -0.4 is 10.6 Å². The van der Waals surface area contributed by atoms with Crippen LogP contribution >= 0.6 is 0 Å². The molecular weight excluding hydrogens is 295 g/mol. The van der Waals surface area contributed by atoms with E-state index in [0.29, 0.717) is 23.6 Å². The molecule has 0 unspecified atom stereocenters. The highest BCUT2D eigenvalue weighted by atomic mass is 19.1. The lowest BCUT2D eigenvalue weighted by molar-refractivity contribution is 0.0952. The first kappa shape index (κ1) is 16.9. The Kier molecular flexibility index (Phi) is 6.05. The van der Waals surface area contributed by atoms with E-state index in [1.807, 2.05) is 14.1 Å². The van der Waals surface area contributed by atoms with Gasteiger partial charge in [-0.15, -0.1) is 0 Å². The van der Waals surface area contributed by atoms with Crippen LogP contribution in [0, 0.1) is 5.82 Å². The van der Waals surface area contributed by atoms with Crippen LogP contribution in [0.5, 0.6) is 0 Å². The first-order chi connectivity index (χ1) is 11.1. The summed E-state index contributed by atoms with van der Waals surface area (Å²) in [6, 6.07) is 9.56. The van der Waals surface area contributed by atoms with Crippen molar-refractivity contribution < 1.29 is 9.18 Å². The Morgan fingerprint density at radius 3 is 2.78 bits per heavy atom. The third kappa shape index (κ3) is 5.34. The molecule has 2 rings (SSSR count). The number of carbonyl (C=O) groups excluding carboxylic acids is 1. The van der Waals surface area contributed by atoms with E-state index in [0.717, 1.165) is 13.0 Å². The second kappa shape index (κ2) is 8.24. The lowest BCUT2D eigenvalue weighted by Gasteiger charge is -2.11. The minimum atomic E-state index is -0.368. The molecule has 2 N–H and O–H groups in total. The average Bonchev–Trinajstić information content (AvgIpc) is 2.54. The van der Waals surface area contributed by atoms with Gasteiger partial charge in [0.1, 0.15) is 11.6 Å². The van der Waals surface area contributed by atoms with E-state index in [1.165, 1.54) is 12.3 Å². The molecule has 1 aromatic carbocycles. The van der Waals surface area contributed by atoms with Crippen LogP contribution in [0.25, 0.3) is 0 Å². The van der Waals surface area contributed by atoms with Crippen LogP contribution in [0.3, 0.4) is 0 Å². The Morgan fingerprint density at radius 1 is 1.26 bits per heavy atom. The molecule has 0 saturated heterocycles. The third-order valence-electron chi connectivity index (χ3n) is 3.23. The summed E-state index contributed by atoms with van der Waals surface area (Å²) >= 11 is 0. The molecule has 0 aliphatic heterocycles. The van der Waals surface area contributed by atoms with Crippen LogP contribution in [-0.2, 0) is 0 Å². The first-order valence-electron chi connectivity index (χ1n) is 7.47. The van der Waals surface area contributed by atoms with Gasteiger partial charge in [-0.3, -0.25) is 4.79 Å². The topological polar surface area (TPSA) is 57.3 Å². The molecule has 0 fully saturated rings. The number of benzene rings is 1. The lowest BCUT2D eigenvalue weighted by atomic mass is 10.2. The summed E-state index contributed by atoms with van der Waals surface area (Å²) in [7, 11) is 3.98. The van der Waals surface area contributed by atoms with Gasteiger partial charge in [0.15, 0.2) is 0 Å². The van der Waals surface area contributed by atoms with Crippen molar-refractivity contribution in [3.05, 3.63) is 54.0 Å². The Morgan fingerprint density at radius 2 is 2.04 bits per heavy atom. The summed E-state index contributed by atoms with van der Waals surface area (Å²) < 4.78 is 13.6. The number of hydrogen-bond acceptors (Lipinski definition) is 4. The van der Waals surface area contributed by atoms with Gasteiger partial charge in [-0.1, -0.05) is 12.1 Å². The fourth-order valence-electron chi connectivity index (χ4n) is 2.04. The number of rotatable bonds is 7. The average molecular weight is 316 g/mol. The maximum atomic E-state index is 13.6. The number of para-hydroxylation sites is 1. The van der Waals surface area contributed by atoms with Crippen molar-refractivity contribution in [1.29, 1.82) is 0 Å². The fourth-order valence-corrected chi connectivity index (χ4v) is 2.04. The highest BCUT2D eigenvalue weighted by Gasteiger charge is 2.08. The molecule has 0 aliphatic rings. The van der Waals surface area contributed by atoms with E-state index < -0.39 is 0 Å². The van der Waals surface area contributed by atoms with E-state index in [4.69, 9.17) is 0 Å². The van der Waals surface area contributed by atoms with Crippen molar-refractivity contribution in [2.45, 2.75) is 6.42 Å². The van der Waals surface area contributed by atoms with Crippen molar-refractivity contribution in [3.63, 3.8) is 0 Å². The second-order valence-corrected chi connectivity index (χ2v) is 5.45. The zero-order valence-corrected chi connectivity index (χ0v) is 13.3. The van der Waals surface area contributed by atoms with Gasteiger partial charge in [-0.2, -0.15) is 0 Å². The van der Waals surface area contributed by atoms with Gasteiger partial charge < -0.3 is 15.5 Å². The standard InChI is InChI=1S/C17H21FN4O/c1-22(2)11-5-9-20-17(23)13-8-10-19-16(12-13)21-15-7-4-3-6-14(15)18/h3-4,6-8,10,12H,5,9,11H2,1-2H3,(H,19,21)(H,20,23). The number of amides is 1. The molecule has 0 saturated carbocycles. The van der Waals surface area contributed by atoms with Crippen LogP contribution in [-0.4, -0.2) is 43.0 Å². The zero-order valence-electron chi connectivity index (χ0n) is 13.3. The van der Waals surface area contributed by atoms with Gasteiger partial charge >= 0.3 is 0 Å². The normalized spacial score (nSPS) is 10.6. The molecule has 23 heavy (non-hydrogen) atoms. The maximum absolute atomic E-state index is 13.6. The van der Waals surface area contributed by atoms with Crippen LogP contribution in [0.15, 0.2) is 42.6 Å². The summed E-state index contributed by atoms with van der Waals surface area (Å²) in [4.78, 5) is 18.3. The molecule has 122 valence electrons. The number of aromatic nitrogens is 1. The quantitative estimate of drug-likeness (QED) is 0.771. The minimum Gasteiger partial charge on any atom is -0.352 e. The van der Waals surface area contributed by atoms with Gasteiger partial charge in [-0.25, -0.2) is 9.37 Å². The predicted molar refractivity (Wildman–Crippen MR) is 89.4 cm³/mol. The van der Waals surface area contributed by atoms with Gasteiger partial charge in [0.2, 0.25) is 0 Å². The highest BCUT2D eigenvalue weighted by Crippen LogP contribution is 2.18. The molecule has 1 amide bonds. The molecular formula is C17H21FN4O. The van der Waals surface area contributed by atoms with Crippen LogP contribution in [0.1, 0.15) is 16.8 Å². The first-order valence-corrected chi connectivity index (χ1v) is 7.47. The fraction of sp³-hybridized carbons (Fsp3) is 0.294. The van der Waals surface area contributed by atoms with Crippen molar-refractivity contribution in [2.75, 3.05) is 32.5 Å². The number of anilines is 2. The summed E-state index contributed by atoms with van der Waals surface area (Å²) in [5.41, 5.74) is 0.812. The summed E-state index contributed by atoms with van der Waals surface area (Å²) in [6.45, 7) is 1.52. The molecule has 0 atom stereocenters. The molecule has 0 bridgehead atoms. The summed E-state index contributed by atoms with van der Waals surface area (Å²) in [5.74, 6) is -0.105. The zero-order chi connectivity index (χ0) is 16.7. The Labute approximate surface area is 135 Å². The molecule has 0 spiro atoms. The molecule has 0 aliphatic carbocycles. The third-order valence-corrected chi connectivity index (χ3v) is 3.23. The van der Waals surface area contributed by atoms with E-state index in [2.05, 4.69) is 20.5 Å². The number of halogens is 1. The summed E-state index contributed by atoms with van der Waals surface area (Å²) in [6.07, 6.45) is 2.40. The van der Waals surface area contributed by atoms with Crippen molar-refractivity contribution in [1.82, 2.24) is 15.2 Å². The lowest BCUT2D eigenvalue weighted by Crippen LogP contribution is -2.27. The van der Waals surface area contributed by atoms with Crippen molar-refractivity contribution in [3.8, 4) is 0 Å². The van der Waals surface area contributed by atoms with Gasteiger partial charge in [0.25, 0.3) is 5.91 Å². The summed E-state index contributed by atoms with van der Waals surface area (Å²) in [5, 5.41) is 5.74. The Balaban J connectivity index is 1.96. The van der Waals surface area contributed by atoms with Crippen molar-refractivity contribution >= 4 is 17.4 Å². The van der Waals surface area contributed by atoms with E-state index in [1.54, 1.807) is 30.3 Å². The molecule has 1 aromatic heterocycles. The number of hydrogen-bond donors (Lipinski definition) is 2. The molecule has 6 heteroatoms. The molecule has 0 radical (unpaired) electrons. The van der Waals surface area contributed by atoms with Crippen molar-refractivity contribution in [2.24, 2.45) is 0 Å². The molecule has 5 nitrogen and oxygen atoms in total. The van der Waals surface area contributed by atoms with Crippen LogP contribution in [0.4, 0.5) is 15.9 Å². The van der Waals surface area contributed by atoms with Gasteiger partial charge in [0.05, 0.1) is 5.69 Å². The maximum Gasteiger partial charge on any atom is 0.251 e. The Hall–Kier alpha value is -2.47. The number of nitrogens with zero attached hydrogens (tertiary/aromatic N) is 2. The number of nitrogens with one attached hydrogen (secondary N) is 2. The van der Waals surface area contributed by atoms with Crippen LogP contribution in [0.2, 0.25) is 0 Å². The van der Waals surface area contributed by atoms with E-state index in [9.17, 15) is 9.18 Å². The highest BCUT2D eigenvalue weighted by molar-refractivity contribution is 5.94.